The van der Waals surface area contributed by atoms with Crippen molar-refractivity contribution < 1.29 is 14.3 Å². The highest BCUT2D eigenvalue weighted by atomic mass is 35.5. The number of rotatable bonds is 3. The molecule has 0 N–H and O–H groups in total. The van der Waals surface area contributed by atoms with Gasteiger partial charge in [0.2, 0.25) is 0 Å². The molecule has 3 nitrogen and oxygen atoms in total. The first kappa shape index (κ1) is 15.0. The number of halogens is 2. The van der Waals surface area contributed by atoms with E-state index in [0.717, 1.165) is 0 Å². The van der Waals surface area contributed by atoms with Crippen LogP contribution in [0.25, 0.3) is 0 Å². The highest BCUT2D eigenvalue weighted by Gasteiger charge is 2.20. The van der Waals surface area contributed by atoms with Gasteiger partial charge in [0, 0.05) is 10.6 Å². The van der Waals surface area contributed by atoms with Crippen molar-refractivity contribution in [2.24, 2.45) is 0 Å². The second kappa shape index (κ2) is 5.72. The van der Waals surface area contributed by atoms with Crippen molar-refractivity contribution in [2.45, 2.75) is 32.8 Å². The van der Waals surface area contributed by atoms with Gasteiger partial charge in [-0.25, -0.2) is 0 Å². The van der Waals surface area contributed by atoms with Gasteiger partial charge in [-0.15, -0.1) is 0 Å². The molecule has 98 valence electrons. The maximum atomic E-state index is 11.8. The van der Waals surface area contributed by atoms with E-state index in [0.29, 0.717) is 5.02 Å². The molecule has 0 radical (unpaired) electrons. The van der Waals surface area contributed by atoms with Crippen molar-refractivity contribution in [1.29, 1.82) is 0 Å². The fraction of sp³-hybridized carbons (Fsp3) is 0.385. The Kier molecular flexibility index (Phi) is 4.77. The number of hydrogen-bond acceptors (Lipinski definition) is 3. The lowest BCUT2D eigenvalue weighted by molar-refractivity contribution is -0.153. The number of hydrogen-bond donors (Lipinski definition) is 0. The number of ketones is 1. The van der Waals surface area contributed by atoms with Gasteiger partial charge in [-0.3, -0.25) is 9.59 Å². The minimum atomic E-state index is -0.610. The Hall–Kier alpha value is -1.06. The summed E-state index contributed by atoms with van der Waals surface area (Å²) < 4.78 is 5.06. The average molecular weight is 289 g/mol. The van der Waals surface area contributed by atoms with Crippen LogP contribution in [-0.4, -0.2) is 17.4 Å². The maximum Gasteiger partial charge on any atom is 0.314 e. The molecule has 0 aliphatic carbocycles. The highest BCUT2D eigenvalue weighted by molar-refractivity contribution is 6.37. The van der Waals surface area contributed by atoms with E-state index in [4.69, 9.17) is 27.9 Å². The van der Waals surface area contributed by atoms with E-state index in [9.17, 15) is 9.59 Å². The molecule has 0 saturated carbocycles. The molecule has 0 aliphatic rings. The fourth-order valence-corrected chi connectivity index (χ4v) is 1.83. The van der Waals surface area contributed by atoms with Gasteiger partial charge < -0.3 is 4.74 Å². The van der Waals surface area contributed by atoms with Gasteiger partial charge in [0.1, 0.15) is 12.0 Å². The summed E-state index contributed by atoms with van der Waals surface area (Å²) >= 11 is 11.6. The van der Waals surface area contributed by atoms with Gasteiger partial charge in [0.05, 0.1) is 5.02 Å². The molecule has 1 rings (SSSR count). The minimum Gasteiger partial charge on any atom is -0.460 e. The van der Waals surface area contributed by atoms with Gasteiger partial charge in [0.15, 0.2) is 5.78 Å². The van der Waals surface area contributed by atoms with Gasteiger partial charge in [0.25, 0.3) is 0 Å². The summed E-state index contributed by atoms with van der Waals surface area (Å²) in [7, 11) is 0. The van der Waals surface area contributed by atoms with Crippen molar-refractivity contribution in [1.82, 2.24) is 0 Å². The standard InChI is InChI=1S/C13H14Cl2O3/c1-13(2,3)18-12(17)7-11(16)9-5-4-8(14)6-10(9)15/h4-6H,7H2,1-3H3. The van der Waals surface area contributed by atoms with Crippen molar-refractivity contribution in [3.63, 3.8) is 0 Å². The van der Waals surface area contributed by atoms with Crippen LogP contribution in [0.15, 0.2) is 18.2 Å². The number of ether oxygens (including phenoxy) is 1. The monoisotopic (exact) mass is 288 g/mol. The summed E-state index contributed by atoms with van der Waals surface area (Å²) in [5.41, 5.74) is -0.340. The third kappa shape index (κ3) is 4.67. The predicted molar refractivity (Wildman–Crippen MR) is 71.3 cm³/mol. The molecule has 0 amide bonds. The van der Waals surface area contributed by atoms with Crippen LogP contribution in [0.3, 0.4) is 0 Å². The van der Waals surface area contributed by atoms with Gasteiger partial charge in [-0.1, -0.05) is 23.2 Å². The third-order valence-electron chi connectivity index (χ3n) is 1.96. The Morgan fingerprint density at radius 2 is 1.83 bits per heavy atom. The van der Waals surface area contributed by atoms with E-state index < -0.39 is 11.6 Å². The Morgan fingerprint density at radius 1 is 1.22 bits per heavy atom. The molecule has 0 fully saturated rings. The van der Waals surface area contributed by atoms with Crippen LogP contribution in [-0.2, 0) is 9.53 Å². The molecule has 0 aromatic heterocycles. The third-order valence-corrected chi connectivity index (χ3v) is 2.50. The quantitative estimate of drug-likeness (QED) is 0.481. The largest absolute Gasteiger partial charge is 0.460 e. The summed E-state index contributed by atoms with van der Waals surface area (Å²) in [4.78, 5) is 23.4. The predicted octanol–water partition coefficient (Wildman–Crippen LogP) is 3.91. The SMILES string of the molecule is CC(C)(C)OC(=O)CC(=O)c1ccc(Cl)cc1Cl. The average Bonchev–Trinajstić information content (AvgIpc) is 2.13. The molecule has 5 heteroatoms. The second-order valence-corrected chi connectivity index (χ2v) is 5.65. The highest BCUT2D eigenvalue weighted by Crippen LogP contribution is 2.22. The molecule has 0 spiro atoms. The van der Waals surface area contributed by atoms with Crippen molar-refractivity contribution >= 4 is 35.0 Å². The van der Waals surface area contributed by atoms with Crippen LogP contribution < -0.4 is 0 Å². The van der Waals surface area contributed by atoms with Crippen LogP contribution >= 0.6 is 23.2 Å². The summed E-state index contributed by atoms with van der Waals surface area (Å²) in [6.07, 6.45) is -0.335. The van der Waals surface area contributed by atoms with Crippen molar-refractivity contribution in [2.75, 3.05) is 0 Å². The normalized spacial score (nSPS) is 11.2. The first-order valence-electron chi connectivity index (χ1n) is 5.39. The van der Waals surface area contributed by atoms with Crippen molar-refractivity contribution in [3.8, 4) is 0 Å². The number of esters is 1. The molecule has 0 unspecified atom stereocenters. The van der Waals surface area contributed by atoms with E-state index in [1.165, 1.54) is 12.1 Å². The lowest BCUT2D eigenvalue weighted by atomic mass is 10.1. The van der Waals surface area contributed by atoms with Crippen LogP contribution in [0, 0.1) is 0 Å². The topological polar surface area (TPSA) is 43.4 Å². The van der Waals surface area contributed by atoms with Gasteiger partial charge in [-0.2, -0.15) is 0 Å². The Bertz CT molecular complexity index is 476. The lowest BCUT2D eigenvalue weighted by Gasteiger charge is -2.19. The molecular weight excluding hydrogens is 275 g/mol. The maximum absolute atomic E-state index is 11.8. The zero-order valence-corrected chi connectivity index (χ0v) is 11.9. The summed E-state index contributed by atoms with van der Waals surface area (Å²) in [5.74, 6) is -0.954. The summed E-state index contributed by atoms with van der Waals surface area (Å²) in [5, 5.41) is 0.671. The molecule has 0 saturated heterocycles. The van der Waals surface area contributed by atoms with Gasteiger partial charge >= 0.3 is 5.97 Å². The number of benzene rings is 1. The lowest BCUT2D eigenvalue weighted by Crippen LogP contribution is -2.25. The van der Waals surface area contributed by atoms with Crippen LogP contribution in [0.1, 0.15) is 37.6 Å². The molecule has 1 aromatic carbocycles. The van der Waals surface area contributed by atoms with E-state index in [1.54, 1.807) is 26.8 Å². The molecule has 1 aromatic rings. The summed E-state index contributed by atoms with van der Waals surface area (Å²) in [6, 6.07) is 4.51. The zero-order chi connectivity index (χ0) is 13.9. The number of Topliss-reactive ketones (excluding diaryl/α,β-unsaturated/α-hetero) is 1. The van der Waals surface area contributed by atoms with Crippen LogP contribution in [0.2, 0.25) is 10.0 Å². The van der Waals surface area contributed by atoms with Crippen LogP contribution in [0.4, 0.5) is 0 Å². The van der Waals surface area contributed by atoms with E-state index in [2.05, 4.69) is 0 Å². The van der Waals surface area contributed by atoms with Crippen molar-refractivity contribution in [3.05, 3.63) is 33.8 Å². The molecule has 18 heavy (non-hydrogen) atoms. The second-order valence-electron chi connectivity index (χ2n) is 4.81. The van der Waals surface area contributed by atoms with E-state index >= 15 is 0 Å². The minimum absolute atomic E-state index is 0.232. The first-order chi connectivity index (χ1) is 8.19. The molecule has 0 heterocycles. The molecular formula is C13H14Cl2O3. The Labute approximate surface area is 116 Å². The summed E-state index contributed by atoms with van der Waals surface area (Å²) in [6.45, 7) is 5.22. The van der Waals surface area contributed by atoms with Gasteiger partial charge in [-0.05, 0) is 39.0 Å². The Balaban J connectivity index is 2.74. The zero-order valence-electron chi connectivity index (χ0n) is 10.4. The molecule has 0 aliphatic heterocycles. The van der Waals surface area contributed by atoms with E-state index in [-0.39, 0.29) is 22.8 Å². The van der Waals surface area contributed by atoms with Crippen LogP contribution in [0.5, 0.6) is 0 Å². The smallest absolute Gasteiger partial charge is 0.314 e. The molecule has 0 bridgehead atoms. The molecule has 0 atom stereocenters. The van der Waals surface area contributed by atoms with E-state index in [1.807, 2.05) is 0 Å². The first-order valence-corrected chi connectivity index (χ1v) is 6.15. The number of carbonyl (C=O) groups excluding carboxylic acids is 2. The number of carbonyl (C=O) groups is 2. The fourth-order valence-electron chi connectivity index (χ4n) is 1.32. The Morgan fingerprint density at radius 3 is 2.33 bits per heavy atom.